The van der Waals surface area contributed by atoms with Crippen LogP contribution in [0.4, 0.5) is 0 Å². The summed E-state index contributed by atoms with van der Waals surface area (Å²) in [7, 11) is 0. The number of aliphatic hydroxyl groups excluding tert-OH is 1. The molecule has 0 saturated heterocycles. The molecule has 2 rings (SSSR count). The molecular weight excluding hydrogens is 174 g/mol. The number of pyridine rings is 1. The molecule has 70 valence electrons. The van der Waals surface area contributed by atoms with E-state index in [1.54, 1.807) is 12.3 Å². The molecule has 1 aromatic heterocycles. The summed E-state index contributed by atoms with van der Waals surface area (Å²) in [5.74, 6) is 0. The average molecular weight is 185 g/mol. The van der Waals surface area contributed by atoms with Crippen LogP contribution in [0.1, 0.15) is 5.56 Å². The third-order valence-electron chi connectivity index (χ3n) is 2.12. The summed E-state index contributed by atoms with van der Waals surface area (Å²) in [4.78, 5) is 4.09. The number of aliphatic hydroxyl groups is 1. The van der Waals surface area contributed by atoms with E-state index < -0.39 is 0 Å². The maximum atomic E-state index is 8.70. The third-order valence-corrected chi connectivity index (χ3v) is 2.12. The van der Waals surface area contributed by atoms with Gasteiger partial charge in [0.05, 0.1) is 6.61 Å². The van der Waals surface area contributed by atoms with Gasteiger partial charge in [-0.05, 0) is 17.0 Å². The molecule has 0 radical (unpaired) electrons. The largest absolute Gasteiger partial charge is 0.392 e. The molecule has 2 nitrogen and oxygen atoms in total. The minimum absolute atomic E-state index is 0.0661. The van der Waals surface area contributed by atoms with Crippen LogP contribution < -0.4 is 0 Å². The molecular formula is C12H11NO. The Morgan fingerprint density at radius 2 is 2.21 bits per heavy atom. The van der Waals surface area contributed by atoms with Gasteiger partial charge in [0.25, 0.3) is 0 Å². The maximum Gasteiger partial charge on any atom is 0.0615 e. The van der Waals surface area contributed by atoms with Crippen LogP contribution in [-0.4, -0.2) is 16.7 Å². The van der Waals surface area contributed by atoms with E-state index in [9.17, 15) is 0 Å². The van der Waals surface area contributed by atoms with Gasteiger partial charge in [-0.2, -0.15) is 0 Å². The lowest BCUT2D eigenvalue weighted by Gasteiger charge is -2.00. The molecule has 0 fully saturated rings. The smallest absolute Gasteiger partial charge is 0.0615 e. The second-order valence-electron chi connectivity index (χ2n) is 3.03. The summed E-state index contributed by atoms with van der Waals surface area (Å²) >= 11 is 0. The number of nitrogens with zero attached hydrogens (tertiary/aromatic N) is 1. The summed E-state index contributed by atoms with van der Waals surface area (Å²) in [6.07, 6.45) is 7.25. The molecule has 0 amide bonds. The first kappa shape index (κ1) is 8.91. The molecule has 2 heteroatoms. The minimum atomic E-state index is 0.0661. The Hall–Kier alpha value is -1.67. The summed E-state index contributed by atoms with van der Waals surface area (Å²) in [5, 5.41) is 11.0. The maximum absolute atomic E-state index is 8.70. The van der Waals surface area contributed by atoms with Gasteiger partial charge in [-0.1, -0.05) is 30.4 Å². The van der Waals surface area contributed by atoms with Gasteiger partial charge in [0.2, 0.25) is 0 Å². The van der Waals surface area contributed by atoms with Crippen LogP contribution in [0.5, 0.6) is 0 Å². The van der Waals surface area contributed by atoms with Gasteiger partial charge in [0, 0.05) is 17.8 Å². The highest BCUT2D eigenvalue weighted by molar-refractivity contribution is 5.89. The summed E-state index contributed by atoms with van der Waals surface area (Å²) in [5.41, 5.74) is 1.09. The predicted molar refractivity (Wildman–Crippen MR) is 57.9 cm³/mol. The van der Waals surface area contributed by atoms with E-state index in [0.717, 1.165) is 10.9 Å². The van der Waals surface area contributed by atoms with E-state index in [2.05, 4.69) is 4.98 Å². The lowest BCUT2D eigenvalue weighted by Crippen LogP contribution is -1.80. The van der Waals surface area contributed by atoms with Crippen molar-refractivity contribution in [1.29, 1.82) is 0 Å². The van der Waals surface area contributed by atoms with Gasteiger partial charge in [-0.15, -0.1) is 0 Å². The molecule has 2 aromatic rings. The van der Waals surface area contributed by atoms with Gasteiger partial charge in [0.1, 0.15) is 0 Å². The SMILES string of the molecule is OCC=Cc1cccc2ccncc12. The number of rotatable bonds is 2. The highest BCUT2D eigenvalue weighted by Crippen LogP contribution is 2.18. The van der Waals surface area contributed by atoms with E-state index >= 15 is 0 Å². The number of benzene rings is 1. The van der Waals surface area contributed by atoms with Crippen molar-refractivity contribution >= 4 is 16.8 Å². The van der Waals surface area contributed by atoms with Gasteiger partial charge in [0.15, 0.2) is 0 Å². The average Bonchev–Trinajstić information content (AvgIpc) is 2.26. The molecule has 0 saturated carbocycles. The van der Waals surface area contributed by atoms with Crippen molar-refractivity contribution in [2.24, 2.45) is 0 Å². The highest BCUT2D eigenvalue weighted by Gasteiger charge is 1.95. The fourth-order valence-corrected chi connectivity index (χ4v) is 1.46. The number of fused-ring (bicyclic) bond motifs is 1. The van der Waals surface area contributed by atoms with E-state index in [-0.39, 0.29) is 6.61 Å². The van der Waals surface area contributed by atoms with Crippen molar-refractivity contribution in [3.05, 3.63) is 48.3 Å². The molecule has 1 heterocycles. The number of hydrogen-bond acceptors (Lipinski definition) is 2. The van der Waals surface area contributed by atoms with Crippen molar-refractivity contribution in [2.45, 2.75) is 0 Å². The molecule has 1 N–H and O–H groups in total. The summed E-state index contributed by atoms with van der Waals surface area (Å²) < 4.78 is 0. The van der Waals surface area contributed by atoms with E-state index in [1.807, 2.05) is 36.5 Å². The van der Waals surface area contributed by atoms with Crippen LogP contribution in [0.3, 0.4) is 0 Å². The first-order valence-corrected chi connectivity index (χ1v) is 4.52. The summed E-state index contributed by atoms with van der Waals surface area (Å²) in [6.45, 7) is 0.0661. The van der Waals surface area contributed by atoms with Crippen molar-refractivity contribution in [2.75, 3.05) is 6.61 Å². The lowest BCUT2D eigenvalue weighted by molar-refractivity contribution is 0.343. The molecule has 0 aliphatic heterocycles. The Balaban J connectivity index is 2.59. The molecule has 1 aromatic carbocycles. The zero-order chi connectivity index (χ0) is 9.80. The standard InChI is InChI=1S/C12H11NO/c14-8-2-5-10-3-1-4-11-6-7-13-9-12(10)11/h1-7,9,14H,8H2. The Bertz CT molecular complexity index is 457. The second kappa shape index (κ2) is 4.03. The predicted octanol–water partition coefficient (Wildman–Crippen LogP) is 2.24. The van der Waals surface area contributed by atoms with E-state index in [1.165, 1.54) is 5.39 Å². The van der Waals surface area contributed by atoms with Crippen LogP contribution >= 0.6 is 0 Å². The molecule has 0 aliphatic carbocycles. The van der Waals surface area contributed by atoms with Gasteiger partial charge >= 0.3 is 0 Å². The molecule has 0 spiro atoms. The molecule has 0 atom stereocenters. The van der Waals surface area contributed by atoms with Gasteiger partial charge < -0.3 is 5.11 Å². The van der Waals surface area contributed by atoms with Crippen LogP contribution in [0, 0.1) is 0 Å². The fraction of sp³-hybridized carbons (Fsp3) is 0.0833. The first-order valence-electron chi connectivity index (χ1n) is 4.52. The molecule has 0 bridgehead atoms. The van der Waals surface area contributed by atoms with Crippen molar-refractivity contribution in [3.8, 4) is 0 Å². The van der Waals surface area contributed by atoms with Gasteiger partial charge in [-0.3, -0.25) is 4.98 Å². The van der Waals surface area contributed by atoms with Gasteiger partial charge in [-0.25, -0.2) is 0 Å². The quantitative estimate of drug-likeness (QED) is 0.778. The van der Waals surface area contributed by atoms with Crippen molar-refractivity contribution in [3.63, 3.8) is 0 Å². The van der Waals surface area contributed by atoms with Crippen LogP contribution in [0.15, 0.2) is 42.7 Å². The van der Waals surface area contributed by atoms with Crippen molar-refractivity contribution in [1.82, 2.24) is 4.98 Å². The highest BCUT2D eigenvalue weighted by atomic mass is 16.2. The Kier molecular flexibility index (Phi) is 2.56. The van der Waals surface area contributed by atoms with Crippen LogP contribution in [0.2, 0.25) is 0 Å². The van der Waals surface area contributed by atoms with Crippen molar-refractivity contribution < 1.29 is 5.11 Å². The summed E-state index contributed by atoms with van der Waals surface area (Å²) in [6, 6.07) is 8.04. The zero-order valence-electron chi connectivity index (χ0n) is 7.72. The fourth-order valence-electron chi connectivity index (χ4n) is 1.46. The molecule has 0 unspecified atom stereocenters. The minimum Gasteiger partial charge on any atom is -0.392 e. The van der Waals surface area contributed by atoms with Crippen LogP contribution in [-0.2, 0) is 0 Å². The Labute approximate surface area is 82.5 Å². The topological polar surface area (TPSA) is 33.1 Å². The number of aromatic nitrogens is 1. The Morgan fingerprint density at radius 3 is 3.07 bits per heavy atom. The number of hydrogen-bond donors (Lipinski definition) is 1. The van der Waals surface area contributed by atoms with Crippen LogP contribution in [0.25, 0.3) is 16.8 Å². The molecule has 0 aliphatic rings. The second-order valence-corrected chi connectivity index (χ2v) is 3.03. The van der Waals surface area contributed by atoms with E-state index in [4.69, 9.17) is 5.11 Å². The first-order chi connectivity index (χ1) is 6.92. The normalized spacial score (nSPS) is 11.2. The molecule has 14 heavy (non-hydrogen) atoms. The zero-order valence-corrected chi connectivity index (χ0v) is 7.72. The Morgan fingerprint density at radius 1 is 1.29 bits per heavy atom. The monoisotopic (exact) mass is 185 g/mol. The third kappa shape index (κ3) is 1.65. The lowest BCUT2D eigenvalue weighted by atomic mass is 10.1. The van der Waals surface area contributed by atoms with E-state index in [0.29, 0.717) is 0 Å².